The molecule has 10 aromatic rings. The average molecular weight is 854 g/mol. The maximum atomic E-state index is 9.59. The van der Waals surface area contributed by atoms with Gasteiger partial charge >= 0.3 is 0 Å². The molecule has 3 aromatic heterocycles. The van der Waals surface area contributed by atoms with Crippen LogP contribution in [0.25, 0.3) is 72.3 Å². The molecule has 0 saturated carbocycles. The molecule has 0 N–H and O–H groups in total. The molecule has 10 rings (SSSR count). The van der Waals surface area contributed by atoms with Crippen LogP contribution in [0.15, 0.2) is 182 Å². The van der Waals surface area contributed by atoms with E-state index in [1.807, 2.05) is 101 Å². The van der Waals surface area contributed by atoms with E-state index < -0.39 is 18.7 Å². The summed E-state index contributed by atoms with van der Waals surface area (Å²) in [6.45, 7) is 14.1. The number of aromatic nitrogens is 4. The van der Waals surface area contributed by atoms with Gasteiger partial charge in [0.05, 0.1) is 11.0 Å². The van der Waals surface area contributed by atoms with Crippen LogP contribution in [-0.4, -0.2) is 14.1 Å². The van der Waals surface area contributed by atoms with Crippen molar-refractivity contribution in [2.24, 2.45) is 11.8 Å². The highest BCUT2D eigenvalue weighted by molar-refractivity contribution is 6.10. The summed E-state index contributed by atoms with van der Waals surface area (Å²) in [6.07, 6.45) is 0.608. The molecule has 0 unspecified atom stereocenters. The molecule has 0 amide bonds. The first kappa shape index (κ1) is 37.2. The van der Waals surface area contributed by atoms with Gasteiger partial charge in [0.1, 0.15) is 28.7 Å². The summed E-state index contributed by atoms with van der Waals surface area (Å²) in [6, 6.07) is 57.8. The van der Waals surface area contributed by atoms with Gasteiger partial charge in [-0.1, -0.05) is 152 Å². The summed E-state index contributed by atoms with van der Waals surface area (Å²) < 4.78 is 50.9. The van der Waals surface area contributed by atoms with E-state index in [1.54, 1.807) is 0 Å². The van der Waals surface area contributed by atoms with Crippen molar-refractivity contribution >= 4 is 32.8 Å². The van der Waals surface area contributed by atoms with E-state index in [2.05, 4.69) is 144 Å². The Labute approximate surface area is 388 Å². The molecule has 5 nitrogen and oxygen atoms in total. The van der Waals surface area contributed by atoms with Crippen molar-refractivity contribution in [1.29, 1.82) is 0 Å². The van der Waals surface area contributed by atoms with Crippen LogP contribution in [-0.2, 0) is 18.2 Å². The number of imidazole rings is 1. The van der Waals surface area contributed by atoms with Gasteiger partial charge in [0.25, 0.3) is 6.33 Å². The Morgan fingerprint density at radius 1 is 0.615 bits per heavy atom. The Kier molecular flexibility index (Phi) is 9.74. The first-order valence-corrected chi connectivity index (χ1v) is 22.7. The van der Waals surface area contributed by atoms with Gasteiger partial charge in [-0.25, -0.2) is 4.98 Å². The van der Waals surface area contributed by atoms with Crippen molar-refractivity contribution in [2.75, 3.05) is 0 Å². The van der Waals surface area contributed by atoms with Gasteiger partial charge in [0, 0.05) is 45.7 Å². The Hall–Kier alpha value is -7.24. The highest BCUT2D eigenvalue weighted by Crippen LogP contribution is 2.40. The van der Waals surface area contributed by atoms with Gasteiger partial charge in [-0.2, -0.15) is 9.13 Å². The van der Waals surface area contributed by atoms with Crippen LogP contribution in [0.4, 0.5) is 0 Å². The fourth-order valence-electron chi connectivity index (χ4n) is 9.06. The number of nitrogens with zero attached hydrogens (tertiary/aromatic N) is 4. The van der Waals surface area contributed by atoms with Crippen LogP contribution < -0.4 is 9.30 Å². The van der Waals surface area contributed by atoms with Crippen molar-refractivity contribution in [2.45, 2.75) is 66.6 Å². The largest absolute Gasteiger partial charge is 0.457 e. The summed E-state index contributed by atoms with van der Waals surface area (Å²) in [5, 5.41) is 1.62. The third-order valence-corrected chi connectivity index (χ3v) is 12.0. The highest BCUT2D eigenvalue weighted by Gasteiger charge is 2.26. The molecule has 3 heterocycles. The lowest BCUT2D eigenvalue weighted by molar-refractivity contribution is -0.566. The number of hydrogen-bond donors (Lipinski definition) is 0. The number of ether oxygens (including phenoxy) is 1. The van der Waals surface area contributed by atoms with Gasteiger partial charge in [0.15, 0.2) is 11.0 Å². The van der Waals surface area contributed by atoms with Crippen LogP contribution >= 0.6 is 0 Å². The number of rotatable bonds is 11. The van der Waals surface area contributed by atoms with Crippen LogP contribution in [0.3, 0.4) is 0 Å². The fourth-order valence-corrected chi connectivity index (χ4v) is 9.06. The average Bonchev–Trinajstić information content (AvgIpc) is 3.89. The maximum absolute atomic E-state index is 9.59. The Morgan fingerprint density at radius 3 is 1.97 bits per heavy atom. The summed E-state index contributed by atoms with van der Waals surface area (Å²) in [4.78, 5) is 4.92. The van der Waals surface area contributed by atoms with Crippen LogP contribution in [0.5, 0.6) is 11.5 Å². The number of benzene rings is 7. The lowest BCUT2D eigenvalue weighted by Crippen LogP contribution is -2.30. The van der Waals surface area contributed by atoms with Gasteiger partial charge in [-0.05, 0) is 112 Å². The smallest absolute Gasteiger partial charge is 0.255 e. The zero-order chi connectivity index (χ0) is 48.4. The van der Waals surface area contributed by atoms with Crippen LogP contribution in [0.2, 0.25) is 0 Å². The number of fused-ring (bicyclic) bond motifs is 4. The van der Waals surface area contributed by atoms with Crippen molar-refractivity contribution < 1.29 is 14.8 Å². The molecule has 322 valence electrons. The molecule has 0 bridgehead atoms. The van der Waals surface area contributed by atoms with E-state index in [4.69, 9.17) is 12.5 Å². The van der Waals surface area contributed by atoms with E-state index in [0.29, 0.717) is 28.4 Å². The Morgan fingerprint density at radius 2 is 1.28 bits per heavy atom. The second-order valence-corrected chi connectivity index (χ2v) is 18.6. The van der Waals surface area contributed by atoms with Gasteiger partial charge < -0.3 is 4.74 Å². The normalized spacial score (nSPS) is 13.4. The molecule has 0 saturated heterocycles. The maximum Gasteiger partial charge on any atom is 0.255 e. The topological polar surface area (TPSA) is 35.9 Å². The number of pyridine rings is 1. The molecular weight excluding hydrogens is 793 g/mol. The first-order chi connectivity index (χ1) is 33.0. The van der Waals surface area contributed by atoms with Gasteiger partial charge in [0.2, 0.25) is 0 Å². The predicted octanol–water partition coefficient (Wildman–Crippen LogP) is 15.2. The summed E-state index contributed by atoms with van der Waals surface area (Å²) in [5.74, 6) is 1.00. The monoisotopic (exact) mass is 853 g/mol. The second-order valence-electron chi connectivity index (χ2n) is 18.6. The third kappa shape index (κ3) is 8.12. The fraction of sp³-hybridized carbons (Fsp3) is 0.200. The minimum absolute atomic E-state index is 0.142. The molecule has 5 heteroatoms. The molecule has 0 aliphatic heterocycles. The van der Waals surface area contributed by atoms with E-state index >= 15 is 0 Å². The van der Waals surface area contributed by atoms with Crippen molar-refractivity contribution in [3.05, 3.63) is 199 Å². The molecule has 0 radical (unpaired) electrons. The third-order valence-electron chi connectivity index (χ3n) is 12.0. The van der Waals surface area contributed by atoms with E-state index in [0.717, 1.165) is 72.0 Å². The minimum atomic E-state index is -1.80. The summed E-state index contributed by atoms with van der Waals surface area (Å²) in [5.41, 5.74) is 12.0. The Bertz CT molecular complexity index is 3470. The SMILES string of the molecule is [2H]C([2H])(c1ccc2c(c1)c1cc(C([2H])([2H])C(C)C)c(Oc3cccc(-n4c[n+](-c5c(-c6ccccc6)cccc5-c5ccccc5)c5ccccc54)c3)cc1n2-c1cc(C(C)(C)C)ccn1)C(C)C. The quantitative estimate of drug-likeness (QED) is 0.122. The highest BCUT2D eigenvalue weighted by atomic mass is 16.5. The van der Waals surface area contributed by atoms with E-state index in [-0.39, 0.29) is 11.3 Å². The van der Waals surface area contributed by atoms with Crippen LogP contribution in [0.1, 0.15) is 70.6 Å². The molecular formula is C60H57N4O+. The minimum Gasteiger partial charge on any atom is -0.457 e. The number of para-hydroxylation sites is 3. The Balaban J connectivity index is 1.16. The molecule has 65 heavy (non-hydrogen) atoms. The van der Waals surface area contributed by atoms with E-state index in [1.165, 1.54) is 0 Å². The number of hydrogen-bond acceptors (Lipinski definition) is 2. The standard InChI is InChI=1S/C60H57N4O/c1-40(2)32-42-28-29-53-51(34-42)52-35-45(33-41(3)4)57(38-56(52)64(53)58-36-46(30-31-61-58)60(5,6)7)65-48-23-16-22-47(37-48)62-39-63(55-27-15-14-26-54(55)62)59-49(43-18-10-8-11-19-43)24-17-25-50(59)44-20-12-9-13-21-44/h8-31,34-41H,32-33H2,1-7H3/q+1/i32D2,33D2. The summed E-state index contributed by atoms with van der Waals surface area (Å²) in [7, 11) is 0. The first-order valence-electron chi connectivity index (χ1n) is 24.7. The van der Waals surface area contributed by atoms with Gasteiger partial charge in [-0.3, -0.25) is 4.57 Å². The zero-order valence-corrected chi connectivity index (χ0v) is 38.2. The van der Waals surface area contributed by atoms with Crippen molar-refractivity contribution in [1.82, 2.24) is 14.1 Å². The van der Waals surface area contributed by atoms with Crippen molar-refractivity contribution in [3.63, 3.8) is 0 Å². The summed E-state index contributed by atoms with van der Waals surface area (Å²) >= 11 is 0. The van der Waals surface area contributed by atoms with Crippen LogP contribution in [0, 0.1) is 11.8 Å². The van der Waals surface area contributed by atoms with Crippen molar-refractivity contribution in [3.8, 4) is 50.9 Å². The molecule has 7 aromatic carbocycles. The zero-order valence-electron chi connectivity index (χ0n) is 42.2. The molecule has 0 spiro atoms. The lowest BCUT2D eigenvalue weighted by atomic mass is 9.88. The molecule has 0 fully saturated rings. The van der Waals surface area contributed by atoms with E-state index in [9.17, 15) is 2.74 Å². The second kappa shape index (κ2) is 17.0. The predicted molar refractivity (Wildman–Crippen MR) is 270 cm³/mol. The van der Waals surface area contributed by atoms with Gasteiger partial charge in [-0.15, -0.1) is 0 Å². The lowest BCUT2D eigenvalue weighted by Gasteiger charge is -2.20. The molecule has 0 aliphatic rings. The molecule has 0 atom stereocenters. The molecule has 0 aliphatic carbocycles.